The zero-order valence-corrected chi connectivity index (χ0v) is 16.7. The van der Waals surface area contributed by atoms with Crippen LogP contribution in [0.4, 0.5) is 0 Å². The number of carbonyl (C=O) groups is 2. The number of carbonyl (C=O) groups excluding carboxylic acids is 2. The number of rotatable bonds is 5. The number of benzene rings is 1. The summed E-state index contributed by atoms with van der Waals surface area (Å²) < 4.78 is 31.7. The van der Waals surface area contributed by atoms with Gasteiger partial charge in [-0.05, 0) is 31.9 Å². The number of aliphatic imine (C=N–C) groups is 1. The number of nitrogens with zero attached hydrogens (tertiary/aromatic N) is 2. The Hall–Kier alpha value is -2.42. The normalized spacial score (nSPS) is 20.8. The zero-order valence-electron chi connectivity index (χ0n) is 15.9. The molecular weight excluding hydrogens is 382 g/mol. The fourth-order valence-electron chi connectivity index (χ4n) is 3.36. The summed E-state index contributed by atoms with van der Waals surface area (Å²) in [6.07, 6.45) is 3.31. The highest BCUT2D eigenvalue weighted by Gasteiger charge is 2.30. The summed E-state index contributed by atoms with van der Waals surface area (Å²) in [4.78, 5) is 30.6. The van der Waals surface area contributed by atoms with Crippen LogP contribution in [0, 0.1) is 0 Å². The van der Waals surface area contributed by atoms with Crippen LogP contribution in [0.25, 0.3) is 0 Å². The number of ether oxygens (including phenoxy) is 1. The minimum absolute atomic E-state index is 0.0367. The van der Waals surface area contributed by atoms with Gasteiger partial charge in [-0.2, -0.15) is 0 Å². The maximum atomic E-state index is 12.4. The number of hydrogen-bond acceptors (Lipinski definition) is 6. The quantitative estimate of drug-likeness (QED) is 0.744. The summed E-state index contributed by atoms with van der Waals surface area (Å²) in [7, 11) is -3.60. The van der Waals surface area contributed by atoms with Crippen LogP contribution in [0.5, 0.6) is 0 Å². The molecule has 0 aromatic heterocycles. The van der Waals surface area contributed by atoms with Crippen molar-refractivity contribution in [2.24, 2.45) is 4.99 Å². The predicted octanol–water partition coefficient (Wildman–Crippen LogP) is 1.45. The smallest absolute Gasteiger partial charge is 0.308 e. The molecule has 8 nitrogen and oxygen atoms in total. The van der Waals surface area contributed by atoms with Gasteiger partial charge in [-0.1, -0.05) is 25.0 Å². The van der Waals surface area contributed by atoms with Gasteiger partial charge >= 0.3 is 5.97 Å². The van der Waals surface area contributed by atoms with Gasteiger partial charge in [-0.3, -0.25) is 19.3 Å². The van der Waals surface area contributed by atoms with Gasteiger partial charge in [0.1, 0.15) is 5.84 Å². The summed E-state index contributed by atoms with van der Waals surface area (Å²) in [6, 6.07) is 6.53. The molecule has 1 saturated heterocycles. The van der Waals surface area contributed by atoms with Gasteiger partial charge in [0, 0.05) is 18.7 Å². The van der Waals surface area contributed by atoms with Crippen LogP contribution in [0.15, 0.2) is 34.2 Å². The maximum absolute atomic E-state index is 12.4. The molecule has 0 saturated carbocycles. The monoisotopic (exact) mass is 407 g/mol. The summed E-state index contributed by atoms with van der Waals surface area (Å²) in [5.41, 5.74) is 0.487. The number of fused-ring (bicyclic) bond motifs is 1. The van der Waals surface area contributed by atoms with Crippen LogP contribution in [0.1, 0.15) is 44.6 Å². The maximum Gasteiger partial charge on any atom is 0.308 e. The molecule has 2 aliphatic rings. The Morgan fingerprint density at radius 2 is 1.86 bits per heavy atom. The van der Waals surface area contributed by atoms with Crippen molar-refractivity contribution in [1.29, 1.82) is 0 Å². The molecule has 28 heavy (non-hydrogen) atoms. The Balaban J connectivity index is 1.52. The van der Waals surface area contributed by atoms with E-state index in [-0.39, 0.29) is 29.6 Å². The van der Waals surface area contributed by atoms with Gasteiger partial charge in [0.15, 0.2) is 6.10 Å². The zero-order chi connectivity index (χ0) is 20.1. The van der Waals surface area contributed by atoms with Crippen molar-refractivity contribution >= 4 is 27.7 Å². The van der Waals surface area contributed by atoms with E-state index in [0.29, 0.717) is 18.7 Å². The van der Waals surface area contributed by atoms with Crippen molar-refractivity contribution in [3.63, 3.8) is 0 Å². The second kappa shape index (κ2) is 8.72. The van der Waals surface area contributed by atoms with Gasteiger partial charge in [-0.25, -0.2) is 8.42 Å². The molecule has 9 heteroatoms. The summed E-state index contributed by atoms with van der Waals surface area (Å²) in [6.45, 7) is 3.05. The van der Waals surface area contributed by atoms with Crippen molar-refractivity contribution in [2.75, 3.05) is 19.6 Å². The Kier molecular flexibility index (Phi) is 6.33. The number of likely N-dealkylation sites (tertiary alicyclic amines) is 1. The van der Waals surface area contributed by atoms with Gasteiger partial charge < -0.3 is 9.64 Å². The summed E-state index contributed by atoms with van der Waals surface area (Å²) >= 11 is 0. The van der Waals surface area contributed by atoms with E-state index in [1.165, 1.54) is 6.07 Å². The number of amidine groups is 1. The fourth-order valence-corrected chi connectivity index (χ4v) is 4.62. The lowest BCUT2D eigenvalue weighted by Crippen LogP contribution is -2.40. The SMILES string of the molecule is CC(OC(=O)CCN=C1NS(=O)(=O)c2ccccc21)C(=O)N1CCCCCC1. The number of nitrogens with one attached hydrogen (secondary N) is 1. The second-order valence-corrected chi connectivity index (χ2v) is 8.60. The number of esters is 1. The van der Waals surface area contributed by atoms with Crippen LogP contribution in [-0.4, -0.2) is 56.8 Å². The van der Waals surface area contributed by atoms with Gasteiger partial charge in [0.05, 0.1) is 17.9 Å². The molecule has 1 N–H and O–H groups in total. The Labute approximate surface area is 165 Å². The van der Waals surface area contributed by atoms with Crippen LogP contribution in [0.3, 0.4) is 0 Å². The van der Waals surface area contributed by atoms with Gasteiger partial charge in [0.25, 0.3) is 15.9 Å². The second-order valence-electron chi connectivity index (χ2n) is 6.95. The molecule has 2 heterocycles. The minimum Gasteiger partial charge on any atom is -0.452 e. The van der Waals surface area contributed by atoms with Crippen LogP contribution in [0.2, 0.25) is 0 Å². The van der Waals surface area contributed by atoms with E-state index in [4.69, 9.17) is 4.74 Å². The Bertz CT molecular complexity index is 873. The van der Waals surface area contributed by atoms with Crippen molar-refractivity contribution in [3.8, 4) is 0 Å². The molecule has 2 aliphatic heterocycles. The summed E-state index contributed by atoms with van der Waals surface area (Å²) in [5.74, 6) is -0.481. The van der Waals surface area contributed by atoms with E-state index < -0.39 is 22.1 Å². The third-order valence-corrected chi connectivity index (χ3v) is 6.22. The number of amides is 1. The first-order valence-electron chi connectivity index (χ1n) is 9.53. The third kappa shape index (κ3) is 4.70. The van der Waals surface area contributed by atoms with E-state index in [1.807, 2.05) is 0 Å². The molecule has 0 aliphatic carbocycles. The molecule has 3 rings (SSSR count). The van der Waals surface area contributed by atoms with Crippen molar-refractivity contribution in [1.82, 2.24) is 9.62 Å². The lowest BCUT2D eigenvalue weighted by atomic mass is 10.2. The average molecular weight is 407 g/mol. The van der Waals surface area contributed by atoms with E-state index in [1.54, 1.807) is 30.0 Å². The lowest BCUT2D eigenvalue weighted by molar-refractivity contribution is -0.158. The van der Waals surface area contributed by atoms with Crippen LogP contribution in [-0.2, 0) is 24.3 Å². The standard InChI is InChI=1S/C19H25N3O5S/c1-14(19(24)22-12-6-2-3-7-13-22)27-17(23)10-11-20-18-15-8-4-5-9-16(15)28(25,26)21-18/h4-5,8-9,14H,2-3,6-7,10-13H2,1H3,(H,20,21). The highest BCUT2D eigenvalue weighted by molar-refractivity contribution is 7.90. The van der Waals surface area contributed by atoms with E-state index in [0.717, 1.165) is 25.7 Å². The van der Waals surface area contributed by atoms with E-state index in [9.17, 15) is 18.0 Å². The highest BCUT2D eigenvalue weighted by atomic mass is 32.2. The first kappa shape index (κ1) is 20.3. The molecule has 0 bridgehead atoms. The van der Waals surface area contributed by atoms with Crippen molar-refractivity contribution in [2.45, 2.75) is 50.0 Å². The van der Waals surface area contributed by atoms with Crippen LogP contribution >= 0.6 is 0 Å². The molecule has 1 aromatic rings. The van der Waals surface area contributed by atoms with Crippen molar-refractivity contribution in [3.05, 3.63) is 29.8 Å². The van der Waals surface area contributed by atoms with Crippen LogP contribution < -0.4 is 4.72 Å². The first-order chi connectivity index (χ1) is 13.4. The molecule has 1 atom stereocenters. The number of hydrogen-bond donors (Lipinski definition) is 1. The minimum atomic E-state index is -3.60. The summed E-state index contributed by atoms with van der Waals surface area (Å²) in [5, 5.41) is 0. The topological polar surface area (TPSA) is 105 Å². The average Bonchev–Trinajstić information content (AvgIpc) is 2.85. The molecule has 1 unspecified atom stereocenters. The molecular formula is C19H25N3O5S. The Morgan fingerprint density at radius 1 is 1.18 bits per heavy atom. The lowest BCUT2D eigenvalue weighted by Gasteiger charge is -2.23. The largest absolute Gasteiger partial charge is 0.452 e. The molecule has 1 amide bonds. The van der Waals surface area contributed by atoms with Gasteiger partial charge in [0.2, 0.25) is 0 Å². The van der Waals surface area contributed by atoms with E-state index in [2.05, 4.69) is 9.71 Å². The fraction of sp³-hybridized carbons (Fsp3) is 0.526. The first-order valence-corrected chi connectivity index (χ1v) is 11.0. The van der Waals surface area contributed by atoms with Gasteiger partial charge in [-0.15, -0.1) is 0 Å². The molecule has 1 aromatic carbocycles. The third-order valence-electron chi connectivity index (χ3n) is 4.82. The molecule has 0 spiro atoms. The Morgan fingerprint density at radius 3 is 2.57 bits per heavy atom. The highest BCUT2D eigenvalue weighted by Crippen LogP contribution is 2.22. The molecule has 1 fully saturated rings. The molecule has 0 radical (unpaired) electrons. The number of sulfonamides is 1. The van der Waals surface area contributed by atoms with E-state index >= 15 is 0 Å². The predicted molar refractivity (Wildman–Crippen MR) is 103 cm³/mol. The van der Waals surface area contributed by atoms with Crippen molar-refractivity contribution < 1.29 is 22.7 Å². The molecule has 152 valence electrons.